The van der Waals surface area contributed by atoms with Crippen LogP contribution in [0.4, 0.5) is 0 Å². The van der Waals surface area contributed by atoms with E-state index in [1.165, 1.54) is 18.7 Å². The van der Waals surface area contributed by atoms with E-state index in [1.807, 2.05) is 7.05 Å². The summed E-state index contributed by atoms with van der Waals surface area (Å²) in [7, 11) is 3.53. The highest BCUT2D eigenvalue weighted by Gasteiger charge is 2.20. The fraction of sp³-hybridized carbons (Fsp3) is 0.650. The van der Waals surface area contributed by atoms with Gasteiger partial charge < -0.3 is 20.3 Å². The van der Waals surface area contributed by atoms with Crippen LogP contribution in [0.2, 0.25) is 0 Å². The zero-order chi connectivity index (χ0) is 18.9. The summed E-state index contributed by atoms with van der Waals surface area (Å²) in [6.07, 6.45) is 0. The molecular formula is C20H35N5O. The molecule has 6 heteroatoms. The molecule has 0 aliphatic carbocycles. The van der Waals surface area contributed by atoms with Gasteiger partial charge in [-0.3, -0.25) is 9.89 Å². The molecule has 6 nitrogen and oxygen atoms in total. The topological polar surface area (TPSA) is 52.1 Å². The van der Waals surface area contributed by atoms with Gasteiger partial charge in [0, 0.05) is 57.9 Å². The molecule has 1 atom stereocenters. The highest BCUT2D eigenvalue weighted by Crippen LogP contribution is 2.19. The zero-order valence-corrected chi connectivity index (χ0v) is 17.0. The first kappa shape index (κ1) is 20.5. The normalized spacial score (nSPS) is 17.8. The average molecular weight is 362 g/mol. The first-order valence-corrected chi connectivity index (χ1v) is 9.61. The summed E-state index contributed by atoms with van der Waals surface area (Å²) in [6, 6.07) is 6.75. The molecule has 1 saturated heterocycles. The van der Waals surface area contributed by atoms with Crippen molar-refractivity contribution in [3.8, 4) is 5.75 Å². The van der Waals surface area contributed by atoms with Gasteiger partial charge in [0.1, 0.15) is 5.75 Å². The van der Waals surface area contributed by atoms with Crippen LogP contribution in [0.25, 0.3) is 0 Å². The van der Waals surface area contributed by atoms with Gasteiger partial charge in [0.15, 0.2) is 5.96 Å². The van der Waals surface area contributed by atoms with Crippen molar-refractivity contribution in [2.24, 2.45) is 4.99 Å². The molecule has 1 fully saturated rings. The number of aryl methyl sites for hydroxylation is 1. The summed E-state index contributed by atoms with van der Waals surface area (Å²) in [5.41, 5.74) is 2.33. The quantitative estimate of drug-likeness (QED) is 0.572. The van der Waals surface area contributed by atoms with Crippen LogP contribution >= 0.6 is 0 Å². The third-order valence-corrected chi connectivity index (χ3v) is 5.15. The number of guanidine groups is 1. The molecule has 1 aromatic rings. The van der Waals surface area contributed by atoms with Crippen molar-refractivity contribution in [2.75, 3.05) is 53.4 Å². The van der Waals surface area contributed by atoms with Crippen LogP contribution in [0.3, 0.4) is 0 Å². The number of nitrogens with one attached hydrogen (secondary N) is 2. The summed E-state index contributed by atoms with van der Waals surface area (Å²) in [5.74, 6) is 1.74. The Morgan fingerprint density at radius 1 is 1.23 bits per heavy atom. The molecule has 0 aromatic heterocycles. The highest BCUT2D eigenvalue weighted by molar-refractivity contribution is 5.79. The van der Waals surface area contributed by atoms with Gasteiger partial charge in [-0.1, -0.05) is 19.1 Å². The van der Waals surface area contributed by atoms with E-state index in [0.29, 0.717) is 12.6 Å². The Labute approximate surface area is 158 Å². The second kappa shape index (κ2) is 10.4. The summed E-state index contributed by atoms with van der Waals surface area (Å²) >= 11 is 0. The molecule has 1 unspecified atom stereocenters. The Hall–Kier alpha value is -1.79. The van der Waals surface area contributed by atoms with Crippen LogP contribution in [-0.4, -0.2) is 75.2 Å². The number of nitrogens with zero attached hydrogens (tertiary/aromatic N) is 3. The van der Waals surface area contributed by atoms with Gasteiger partial charge in [0.05, 0.1) is 7.11 Å². The molecule has 1 aliphatic heterocycles. The predicted octanol–water partition coefficient (Wildman–Crippen LogP) is 1.69. The number of rotatable bonds is 7. The van der Waals surface area contributed by atoms with E-state index in [9.17, 15) is 0 Å². The van der Waals surface area contributed by atoms with Crippen LogP contribution in [0, 0.1) is 6.92 Å². The summed E-state index contributed by atoms with van der Waals surface area (Å²) in [5, 5.41) is 6.84. The Balaban J connectivity index is 1.79. The maximum absolute atomic E-state index is 5.48. The molecule has 2 rings (SSSR count). The van der Waals surface area contributed by atoms with Crippen LogP contribution < -0.4 is 15.4 Å². The fourth-order valence-electron chi connectivity index (χ4n) is 3.29. The first-order valence-electron chi connectivity index (χ1n) is 9.61. The smallest absolute Gasteiger partial charge is 0.191 e. The molecule has 0 spiro atoms. The van der Waals surface area contributed by atoms with Gasteiger partial charge in [0.25, 0.3) is 0 Å². The molecule has 2 N–H and O–H groups in total. The minimum Gasteiger partial charge on any atom is -0.496 e. The lowest BCUT2D eigenvalue weighted by atomic mass is 10.1. The van der Waals surface area contributed by atoms with Gasteiger partial charge in [0.2, 0.25) is 0 Å². The van der Waals surface area contributed by atoms with E-state index in [1.54, 1.807) is 7.11 Å². The van der Waals surface area contributed by atoms with Gasteiger partial charge in [-0.25, -0.2) is 0 Å². The highest BCUT2D eigenvalue weighted by atomic mass is 16.5. The molecule has 0 amide bonds. The minimum absolute atomic E-state index is 0.487. The molecule has 0 saturated carbocycles. The number of hydrogen-bond donors (Lipinski definition) is 2. The average Bonchev–Trinajstić information content (AvgIpc) is 2.68. The summed E-state index contributed by atoms with van der Waals surface area (Å²) < 4.78 is 5.48. The van der Waals surface area contributed by atoms with Crippen LogP contribution in [0.15, 0.2) is 23.2 Å². The van der Waals surface area contributed by atoms with E-state index in [0.717, 1.165) is 43.5 Å². The van der Waals surface area contributed by atoms with Gasteiger partial charge in [-0.2, -0.15) is 0 Å². The zero-order valence-electron chi connectivity index (χ0n) is 17.0. The van der Waals surface area contributed by atoms with Crippen molar-refractivity contribution in [3.05, 3.63) is 29.3 Å². The van der Waals surface area contributed by atoms with Crippen molar-refractivity contribution < 1.29 is 4.74 Å². The number of piperazine rings is 1. The molecule has 1 heterocycles. The second-order valence-corrected chi connectivity index (χ2v) is 6.94. The SMILES string of the molecule is CCN1CCN(C(C)CNC(=NC)NCc2ccc(C)cc2OC)CC1. The molecule has 0 radical (unpaired) electrons. The third kappa shape index (κ3) is 5.88. The molecule has 0 bridgehead atoms. The predicted molar refractivity (Wildman–Crippen MR) is 109 cm³/mol. The van der Waals surface area contributed by atoms with Crippen LogP contribution in [0.5, 0.6) is 5.75 Å². The fourth-order valence-corrected chi connectivity index (χ4v) is 3.29. The van der Waals surface area contributed by atoms with E-state index < -0.39 is 0 Å². The van der Waals surface area contributed by atoms with E-state index in [2.05, 4.69) is 64.4 Å². The lowest BCUT2D eigenvalue weighted by Gasteiger charge is -2.37. The molecular weight excluding hydrogens is 326 g/mol. The van der Waals surface area contributed by atoms with Gasteiger partial charge in [-0.05, 0) is 32.0 Å². The molecule has 26 heavy (non-hydrogen) atoms. The van der Waals surface area contributed by atoms with E-state index in [-0.39, 0.29) is 0 Å². The van der Waals surface area contributed by atoms with Crippen molar-refractivity contribution >= 4 is 5.96 Å². The number of benzene rings is 1. The minimum atomic E-state index is 0.487. The molecule has 1 aromatic carbocycles. The number of methoxy groups -OCH3 is 1. The Morgan fingerprint density at radius 3 is 2.58 bits per heavy atom. The lowest BCUT2D eigenvalue weighted by Crippen LogP contribution is -2.53. The van der Waals surface area contributed by atoms with Crippen molar-refractivity contribution in [2.45, 2.75) is 33.4 Å². The number of hydrogen-bond acceptors (Lipinski definition) is 4. The molecule has 146 valence electrons. The molecule has 1 aliphatic rings. The Kier molecular flexibility index (Phi) is 8.19. The van der Waals surface area contributed by atoms with Crippen LogP contribution in [0.1, 0.15) is 25.0 Å². The monoisotopic (exact) mass is 361 g/mol. The first-order chi connectivity index (χ1) is 12.6. The summed E-state index contributed by atoms with van der Waals surface area (Å²) in [4.78, 5) is 9.40. The second-order valence-electron chi connectivity index (χ2n) is 6.94. The number of ether oxygens (including phenoxy) is 1. The summed E-state index contributed by atoms with van der Waals surface area (Å²) in [6.45, 7) is 13.9. The largest absolute Gasteiger partial charge is 0.496 e. The number of aliphatic imine (C=N–C) groups is 1. The Bertz CT molecular complexity index is 582. The van der Waals surface area contributed by atoms with Crippen LogP contribution in [-0.2, 0) is 6.54 Å². The van der Waals surface area contributed by atoms with Gasteiger partial charge in [-0.15, -0.1) is 0 Å². The lowest BCUT2D eigenvalue weighted by molar-refractivity contribution is 0.107. The van der Waals surface area contributed by atoms with E-state index >= 15 is 0 Å². The Morgan fingerprint density at radius 2 is 1.96 bits per heavy atom. The third-order valence-electron chi connectivity index (χ3n) is 5.15. The maximum atomic E-state index is 5.48. The number of likely N-dealkylation sites (N-methyl/N-ethyl adjacent to an activating group) is 1. The standard InChI is InChI=1S/C20H35N5O/c1-6-24-9-11-25(12-10-24)17(3)14-22-20(21-4)23-15-18-8-7-16(2)13-19(18)26-5/h7-8,13,17H,6,9-12,14-15H2,1-5H3,(H2,21,22,23). The van der Waals surface area contributed by atoms with Crippen molar-refractivity contribution in [1.82, 2.24) is 20.4 Å². The maximum Gasteiger partial charge on any atom is 0.191 e. The van der Waals surface area contributed by atoms with Gasteiger partial charge >= 0.3 is 0 Å². The van der Waals surface area contributed by atoms with E-state index in [4.69, 9.17) is 4.74 Å². The van der Waals surface area contributed by atoms with Crippen molar-refractivity contribution in [1.29, 1.82) is 0 Å². The van der Waals surface area contributed by atoms with Crippen molar-refractivity contribution in [3.63, 3.8) is 0 Å².